The monoisotopic (exact) mass is 291 g/mol. The molecule has 1 aliphatic rings. The Hall–Kier alpha value is -2.08. The summed E-state index contributed by atoms with van der Waals surface area (Å²) in [5.74, 6) is 1.12. The van der Waals surface area contributed by atoms with Gasteiger partial charge in [-0.25, -0.2) is 5.43 Å². The molecule has 21 heavy (non-hydrogen) atoms. The molecule has 6 nitrogen and oxygen atoms in total. The second kappa shape index (κ2) is 7.64. The maximum atomic E-state index is 11.7. The summed E-state index contributed by atoms with van der Waals surface area (Å²) in [5, 5.41) is 4.15. The predicted octanol–water partition coefficient (Wildman–Crippen LogP) is 1.27. The first-order chi connectivity index (χ1) is 10.2. The van der Waals surface area contributed by atoms with Crippen molar-refractivity contribution in [2.45, 2.75) is 12.8 Å². The number of hydrogen-bond acceptors (Lipinski definition) is 5. The van der Waals surface area contributed by atoms with Gasteiger partial charge in [0.1, 0.15) is 11.5 Å². The van der Waals surface area contributed by atoms with Gasteiger partial charge in [0.25, 0.3) is 5.91 Å². The van der Waals surface area contributed by atoms with E-state index in [0.717, 1.165) is 37.4 Å². The Kier molecular flexibility index (Phi) is 5.57. The summed E-state index contributed by atoms with van der Waals surface area (Å²) in [7, 11) is 3.68. The van der Waals surface area contributed by atoms with Gasteiger partial charge in [-0.15, -0.1) is 0 Å². The molecule has 0 radical (unpaired) electrons. The van der Waals surface area contributed by atoms with Crippen molar-refractivity contribution in [3.05, 3.63) is 24.3 Å². The van der Waals surface area contributed by atoms with Crippen LogP contribution in [0.15, 0.2) is 29.4 Å². The smallest absolute Gasteiger partial charge is 0.277 e. The molecule has 0 bridgehead atoms. The number of methoxy groups -OCH3 is 1. The molecule has 1 heterocycles. The van der Waals surface area contributed by atoms with Crippen LogP contribution in [0.25, 0.3) is 0 Å². The highest BCUT2D eigenvalue weighted by molar-refractivity contribution is 5.87. The van der Waals surface area contributed by atoms with E-state index in [-0.39, 0.29) is 12.5 Å². The van der Waals surface area contributed by atoms with Gasteiger partial charge in [-0.1, -0.05) is 0 Å². The van der Waals surface area contributed by atoms with E-state index in [4.69, 9.17) is 9.47 Å². The topological polar surface area (TPSA) is 63.2 Å². The normalized spacial score (nSPS) is 15.4. The average molecular weight is 291 g/mol. The van der Waals surface area contributed by atoms with Crippen LogP contribution < -0.4 is 14.9 Å². The summed E-state index contributed by atoms with van der Waals surface area (Å²) in [6, 6.07) is 7.09. The molecule has 1 saturated heterocycles. The Morgan fingerprint density at radius 3 is 2.48 bits per heavy atom. The van der Waals surface area contributed by atoms with Crippen molar-refractivity contribution in [1.82, 2.24) is 10.3 Å². The van der Waals surface area contributed by atoms with E-state index in [1.165, 1.54) is 0 Å². The van der Waals surface area contributed by atoms with Crippen LogP contribution in [0.3, 0.4) is 0 Å². The summed E-state index contributed by atoms with van der Waals surface area (Å²) in [6.45, 7) is 1.91. The molecule has 114 valence electrons. The molecule has 1 aromatic rings. The number of carbonyl (C=O) groups is 1. The minimum Gasteiger partial charge on any atom is -0.497 e. The lowest BCUT2D eigenvalue weighted by atomic mass is 10.1. The predicted molar refractivity (Wildman–Crippen MR) is 80.8 cm³/mol. The number of amides is 1. The molecule has 1 aliphatic heterocycles. The number of piperidine rings is 1. The maximum Gasteiger partial charge on any atom is 0.277 e. The van der Waals surface area contributed by atoms with Gasteiger partial charge in [0, 0.05) is 31.6 Å². The van der Waals surface area contributed by atoms with E-state index in [1.54, 1.807) is 31.4 Å². The number of carbonyl (C=O) groups excluding carboxylic acids is 1. The first kappa shape index (κ1) is 15.3. The Labute approximate surface area is 124 Å². The van der Waals surface area contributed by atoms with Crippen molar-refractivity contribution in [2.24, 2.45) is 5.10 Å². The highest BCUT2D eigenvalue weighted by Gasteiger charge is 2.11. The van der Waals surface area contributed by atoms with Crippen molar-refractivity contribution in [1.29, 1.82) is 0 Å². The van der Waals surface area contributed by atoms with E-state index in [9.17, 15) is 4.79 Å². The second-order valence-corrected chi connectivity index (χ2v) is 4.98. The molecule has 0 atom stereocenters. The molecule has 0 unspecified atom stereocenters. The molecule has 1 aromatic carbocycles. The molecule has 0 spiro atoms. The zero-order valence-corrected chi connectivity index (χ0v) is 12.5. The van der Waals surface area contributed by atoms with Crippen LogP contribution in [0.1, 0.15) is 12.8 Å². The zero-order valence-electron chi connectivity index (χ0n) is 12.5. The SMILES string of the molecule is COc1ccc(OCC(=O)NN=C2CCN(C)CC2)cc1. The van der Waals surface area contributed by atoms with Gasteiger partial charge < -0.3 is 14.4 Å². The quantitative estimate of drug-likeness (QED) is 0.830. The van der Waals surface area contributed by atoms with Gasteiger partial charge in [-0.05, 0) is 31.3 Å². The van der Waals surface area contributed by atoms with Gasteiger partial charge in [-0.3, -0.25) is 4.79 Å². The molecule has 6 heteroatoms. The average Bonchev–Trinajstić information content (AvgIpc) is 2.53. The lowest BCUT2D eigenvalue weighted by molar-refractivity contribution is -0.123. The summed E-state index contributed by atoms with van der Waals surface area (Å²) in [5.41, 5.74) is 3.57. The number of ether oxygens (including phenoxy) is 2. The van der Waals surface area contributed by atoms with Crippen LogP contribution in [0.2, 0.25) is 0 Å². The van der Waals surface area contributed by atoms with Crippen molar-refractivity contribution < 1.29 is 14.3 Å². The number of nitrogens with one attached hydrogen (secondary N) is 1. The lowest BCUT2D eigenvalue weighted by Gasteiger charge is -2.22. The Balaban J connectivity index is 1.73. The molecule has 1 fully saturated rings. The first-order valence-electron chi connectivity index (χ1n) is 6.97. The van der Waals surface area contributed by atoms with E-state index in [0.29, 0.717) is 5.75 Å². The van der Waals surface area contributed by atoms with Gasteiger partial charge in [0.2, 0.25) is 0 Å². The molecule has 0 saturated carbocycles. The third kappa shape index (κ3) is 5.07. The highest BCUT2D eigenvalue weighted by atomic mass is 16.5. The number of likely N-dealkylation sites (tertiary alicyclic amines) is 1. The van der Waals surface area contributed by atoms with Crippen molar-refractivity contribution >= 4 is 11.6 Å². The summed E-state index contributed by atoms with van der Waals surface area (Å²) >= 11 is 0. The van der Waals surface area contributed by atoms with Crippen molar-refractivity contribution in [3.63, 3.8) is 0 Å². The second-order valence-electron chi connectivity index (χ2n) is 4.98. The molecular formula is C15H21N3O3. The molecule has 1 N–H and O–H groups in total. The number of hydrazone groups is 1. The minimum absolute atomic E-state index is 0.0526. The van der Waals surface area contributed by atoms with E-state index >= 15 is 0 Å². The summed E-state index contributed by atoms with van der Waals surface area (Å²) < 4.78 is 10.4. The Morgan fingerprint density at radius 2 is 1.86 bits per heavy atom. The summed E-state index contributed by atoms with van der Waals surface area (Å²) in [6.07, 6.45) is 1.80. The number of nitrogens with zero attached hydrogens (tertiary/aromatic N) is 2. The van der Waals surface area contributed by atoms with E-state index in [1.807, 2.05) is 0 Å². The third-order valence-electron chi connectivity index (χ3n) is 3.33. The van der Waals surface area contributed by atoms with Crippen LogP contribution in [0.5, 0.6) is 11.5 Å². The fourth-order valence-electron chi connectivity index (χ4n) is 1.98. The lowest BCUT2D eigenvalue weighted by Crippen LogP contribution is -2.32. The fraction of sp³-hybridized carbons (Fsp3) is 0.467. The Bertz CT molecular complexity index is 489. The fourth-order valence-corrected chi connectivity index (χ4v) is 1.98. The number of hydrogen-bond donors (Lipinski definition) is 1. The van der Waals surface area contributed by atoms with Gasteiger partial charge in [0.05, 0.1) is 7.11 Å². The van der Waals surface area contributed by atoms with Crippen LogP contribution >= 0.6 is 0 Å². The number of rotatable bonds is 5. The van der Waals surface area contributed by atoms with Crippen LogP contribution in [-0.2, 0) is 4.79 Å². The Morgan fingerprint density at radius 1 is 1.24 bits per heavy atom. The van der Waals surface area contributed by atoms with Gasteiger partial charge >= 0.3 is 0 Å². The standard InChI is InChI=1S/C15H21N3O3/c1-18-9-7-12(8-10-18)16-17-15(19)11-21-14-5-3-13(20-2)4-6-14/h3-6H,7-11H2,1-2H3,(H,17,19). The van der Waals surface area contributed by atoms with Gasteiger partial charge in [-0.2, -0.15) is 5.10 Å². The van der Waals surface area contributed by atoms with E-state index in [2.05, 4.69) is 22.5 Å². The maximum absolute atomic E-state index is 11.7. The van der Waals surface area contributed by atoms with Crippen LogP contribution in [0.4, 0.5) is 0 Å². The van der Waals surface area contributed by atoms with Crippen molar-refractivity contribution in [2.75, 3.05) is 33.9 Å². The zero-order chi connectivity index (χ0) is 15.1. The van der Waals surface area contributed by atoms with Crippen molar-refractivity contribution in [3.8, 4) is 11.5 Å². The van der Waals surface area contributed by atoms with Crippen LogP contribution in [0, 0.1) is 0 Å². The molecular weight excluding hydrogens is 270 g/mol. The molecule has 1 amide bonds. The van der Waals surface area contributed by atoms with Crippen LogP contribution in [-0.4, -0.2) is 50.4 Å². The summed E-state index contributed by atoms with van der Waals surface area (Å²) in [4.78, 5) is 13.9. The molecule has 0 aromatic heterocycles. The van der Waals surface area contributed by atoms with E-state index < -0.39 is 0 Å². The molecule has 2 rings (SSSR count). The number of benzene rings is 1. The van der Waals surface area contributed by atoms with Gasteiger partial charge in [0.15, 0.2) is 6.61 Å². The largest absolute Gasteiger partial charge is 0.497 e. The minimum atomic E-state index is -0.253. The third-order valence-corrected chi connectivity index (χ3v) is 3.33. The highest BCUT2D eigenvalue weighted by Crippen LogP contribution is 2.16. The first-order valence-corrected chi connectivity index (χ1v) is 6.97. The molecule has 0 aliphatic carbocycles.